The Morgan fingerprint density at radius 3 is 2.71 bits per heavy atom. The molecule has 0 aromatic carbocycles. The van der Waals surface area contributed by atoms with Crippen molar-refractivity contribution in [1.82, 2.24) is 9.97 Å². The molecule has 4 nitrogen and oxygen atoms in total. The van der Waals surface area contributed by atoms with E-state index < -0.39 is 11.8 Å². The lowest BCUT2D eigenvalue weighted by molar-refractivity contribution is -0.137. The normalized spacial score (nSPS) is 11.1. The zero-order valence-electron chi connectivity index (χ0n) is 7.09. The van der Waals surface area contributed by atoms with Crippen molar-refractivity contribution in [2.45, 2.75) is 12.8 Å². The van der Waals surface area contributed by atoms with Gasteiger partial charge in [0.05, 0.1) is 0 Å². The highest BCUT2D eigenvalue weighted by molar-refractivity contribution is 6.29. The van der Waals surface area contributed by atoms with E-state index in [9.17, 15) is 13.6 Å². The topological polar surface area (TPSA) is 54.9 Å². The molecule has 14 heavy (non-hydrogen) atoms. The second-order valence-electron chi connectivity index (χ2n) is 2.57. The second kappa shape index (κ2) is 3.83. The number of halogens is 3. The Hall–Kier alpha value is -1.30. The summed E-state index contributed by atoms with van der Waals surface area (Å²) in [6.07, 6.45) is 1.06. The van der Waals surface area contributed by atoms with Gasteiger partial charge in [0.25, 0.3) is 5.91 Å². The molecule has 0 saturated heterocycles. The molecule has 76 valence electrons. The molecule has 0 fully saturated rings. The smallest absolute Gasteiger partial charge is 0.305 e. The minimum atomic E-state index is -3.45. The molecule has 7 heteroatoms. The lowest BCUT2D eigenvalue weighted by Crippen LogP contribution is -2.31. The molecule has 1 aromatic rings. The van der Waals surface area contributed by atoms with Crippen molar-refractivity contribution in [2.24, 2.45) is 0 Å². The molecular weight excluding hydrogens is 216 g/mol. The predicted molar refractivity (Wildman–Crippen MR) is 46.3 cm³/mol. The van der Waals surface area contributed by atoms with Crippen LogP contribution in [0.3, 0.4) is 0 Å². The fourth-order valence-corrected chi connectivity index (χ4v) is 0.775. The van der Waals surface area contributed by atoms with Crippen LogP contribution in [0, 0.1) is 0 Å². The lowest BCUT2D eigenvalue weighted by atomic mass is 10.3. The third kappa shape index (κ3) is 2.88. The van der Waals surface area contributed by atoms with Gasteiger partial charge in [-0.25, -0.2) is 9.97 Å². The van der Waals surface area contributed by atoms with Crippen molar-refractivity contribution in [3.63, 3.8) is 0 Å². The maximum atomic E-state index is 12.4. The van der Waals surface area contributed by atoms with Crippen molar-refractivity contribution in [3.05, 3.63) is 17.5 Å². The molecule has 0 aliphatic carbocycles. The van der Waals surface area contributed by atoms with Crippen LogP contribution in [-0.2, 0) is 4.79 Å². The first-order valence-corrected chi connectivity index (χ1v) is 3.94. The largest absolute Gasteiger partial charge is 0.322 e. The highest BCUT2D eigenvalue weighted by Gasteiger charge is 2.32. The van der Waals surface area contributed by atoms with Crippen LogP contribution in [0.15, 0.2) is 12.4 Å². The highest BCUT2D eigenvalue weighted by Crippen LogP contribution is 2.15. The van der Waals surface area contributed by atoms with Gasteiger partial charge in [0, 0.05) is 13.0 Å². The quantitative estimate of drug-likeness (QED) is 0.774. The Morgan fingerprint density at radius 1 is 1.57 bits per heavy atom. The predicted octanol–water partition coefficient (Wildman–Crippen LogP) is 1.72. The number of carbonyl (C=O) groups excluding carboxylic acids is 1. The molecule has 0 unspecified atom stereocenters. The van der Waals surface area contributed by atoms with Crippen molar-refractivity contribution in [1.29, 1.82) is 0 Å². The third-order valence-corrected chi connectivity index (χ3v) is 1.48. The molecular formula is C7H6ClF2N3O. The first-order valence-electron chi connectivity index (χ1n) is 3.56. The van der Waals surface area contributed by atoms with Crippen LogP contribution in [-0.4, -0.2) is 21.8 Å². The molecule has 0 bridgehead atoms. The number of alkyl halides is 2. The summed E-state index contributed by atoms with van der Waals surface area (Å²) in [4.78, 5) is 17.8. The summed E-state index contributed by atoms with van der Waals surface area (Å²) < 4.78 is 24.8. The van der Waals surface area contributed by atoms with Crippen LogP contribution in [0.25, 0.3) is 0 Å². The molecule has 1 N–H and O–H groups in total. The molecule has 0 spiro atoms. The first kappa shape index (κ1) is 10.8. The first-order chi connectivity index (χ1) is 6.39. The van der Waals surface area contributed by atoms with Crippen molar-refractivity contribution >= 4 is 23.3 Å². The number of anilines is 1. The summed E-state index contributed by atoms with van der Waals surface area (Å²) in [5.41, 5.74) is 0. The summed E-state index contributed by atoms with van der Waals surface area (Å²) in [6.45, 7) is 0.491. The monoisotopic (exact) mass is 221 g/mol. The molecule has 1 aromatic heterocycles. The Morgan fingerprint density at radius 2 is 2.21 bits per heavy atom. The van der Waals surface area contributed by atoms with Crippen LogP contribution in [0.2, 0.25) is 5.15 Å². The fraction of sp³-hybridized carbons (Fsp3) is 0.286. The molecule has 0 radical (unpaired) electrons. The van der Waals surface area contributed by atoms with Crippen LogP contribution >= 0.6 is 11.6 Å². The van der Waals surface area contributed by atoms with Gasteiger partial charge in [-0.1, -0.05) is 11.6 Å². The Bertz CT molecular complexity index is 353. The number of hydrogen-bond donors (Lipinski definition) is 1. The van der Waals surface area contributed by atoms with Crippen molar-refractivity contribution < 1.29 is 13.6 Å². The number of rotatable bonds is 2. The van der Waals surface area contributed by atoms with Gasteiger partial charge in [-0.2, -0.15) is 8.78 Å². The summed E-state index contributed by atoms with van der Waals surface area (Å²) in [6, 6.07) is 1.17. The van der Waals surface area contributed by atoms with Gasteiger partial charge < -0.3 is 5.32 Å². The summed E-state index contributed by atoms with van der Waals surface area (Å²) in [5.74, 6) is -4.94. The second-order valence-corrected chi connectivity index (χ2v) is 2.96. The van der Waals surface area contributed by atoms with E-state index in [1.54, 1.807) is 0 Å². The highest BCUT2D eigenvalue weighted by atomic mass is 35.5. The number of carbonyl (C=O) groups is 1. The van der Waals surface area contributed by atoms with Gasteiger partial charge in [0.2, 0.25) is 0 Å². The Labute approximate surface area is 83.3 Å². The van der Waals surface area contributed by atoms with Gasteiger partial charge in [-0.15, -0.1) is 0 Å². The molecule has 1 rings (SSSR count). The zero-order chi connectivity index (χ0) is 10.8. The van der Waals surface area contributed by atoms with E-state index in [-0.39, 0.29) is 11.0 Å². The number of nitrogens with zero attached hydrogens (tertiary/aromatic N) is 2. The van der Waals surface area contributed by atoms with Gasteiger partial charge in [0.15, 0.2) is 0 Å². The molecule has 0 saturated carbocycles. The maximum absolute atomic E-state index is 12.4. The van der Waals surface area contributed by atoms with E-state index in [0.717, 1.165) is 6.33 Å². The fourth-order valence-electron chi connectivity index (χ4n) is 0.628. The molecule has 1 amide bonds. The average molecular weight is 222 g/mol. The number of amides is 1. The van der Waals surface area contributed by atoms with Crippen LogP contribution in [0.5, 0.6) is 0 Å². The standard InChI is InChI=1S/C7H6ClF2N3O/c1-7(9,10)6(14)13-5-2-4(8)11-3-12-5/h2-3H,1H3,(H,11,12,13,14). The van der Waals surface area contributed by atoms with Crippen LogP contribution in [0.1, 0.15) is 6.92 Å². The van der Waals surface area contributed by atoms with E-state index in [1.807, 2.05) is 5.32 Å². The van der Waals surface area contributed by atoms with E-state index in [0.29, 0.717) is 6.92 Å². The van der Waals surface area contributed by atoms with Gasteiger partial charge in [-0.05, 0) is 0 Å². The SMILES string of the molecule is CC(F)(F)C(=O)Nc1cc(Cl)ncn1. The van der Waals surface area contributed by atoms with Crippen LogP contribution in [0.4, 0.5) is 14.6 Å². The zero-order valence-corrected chi connectivity index (χ0v) is 7.85. The van der Waals surface area contributed by atoms with Crippen molar-refractivity contribution in [2.75, 3.05) is 5.32 Å². The minimum absolute atomic E-state index is 0.0588. The number of nitrogens with one attached hydrogen (secondary N) is 1. The van der Waals surface area contributed by atoms with Gasteiger partial charge >= 0.3 is 5.92 Å². The van der Waals surface area contributed by atoms with Gasteiger partial charge in [-0.3, -0.25) is 4.79 Å². The van der Waals surface area contributed by atoms with Gasteiger partial charge in [0.1, 0.15) is 17.3 Å². The molecule has 1 heterocycles. The van der Waals surface area contributed by atoms with Crippen LogP contribution < -0.4 is 5.32 Å². The number of aromatic nitrogens is 2. The van der Waals surface area contributed by atoms with E-state index in [4.69, 9.17) is 11.6 Å². The van der Waals surface area contributed by atoms with E-state index in [2.05, 4.69) is 9.97 Å². The summed E-state index contributed by atoms with van der Waals surface area (Å²) in [7, 11) is 0. The average Bonchev–Trinajstić information content (AvgIpc) is 2.02. The summed E-state index contributed by atoms with van der Waals surface area (Å²) in [5, 5.41) is 1.96. The lowest BCUT2D eigenvalue weighted by Gasteiger charge is -2.09. The maximum Gasteiger partial charge on any atom is 0.322 e. The third-order valence-electron chi connectivity index (χ3n) is 1.27. The summed E-state index contributed by atoms with van der Waals surface area (Å²) >= 11 is 5.45. The molecule has 0 aliphatic heterocycles. The number of hydrogen-bond acceptors (Lipinski definition) is 3. The van der Waals surface area contributed by atoms with Crippen molar-refractivity contribution in [3.8, 4) is 0 Å². The Kier molecular flexibility index (Phi) is 2.95. The molecule has 0 atom stereocenters. The van der Waals surface area contributed by atoms with E-state index in [1.165, 1.54) is 6.07 Å². The van der Waals surface area contributed by atoms with E-state index >= 15 is 0 Å². The Balaban J connectivity index is 2.75. The molecule has 0 aliphatic rings. The minimum Gasteiger partial charge on any atom is -0.305 e.